The molecular formula is C26H24N2O. The minimum Gasteiger partial charge on any atom is -0.421 e. The van der Waals surface area contributed by atoms with Gasteiger partial charge in [-0.1, -0.05) is 92.7 Å². The molecule has 4 aromatic rings. The van der Waals surface area contributed by atoms with Gasteiger partial charge in [-0.15, -0.1) is 10.2 Å². The Labute approximate surface area is 171 Å². The smallest absolute Gasteiger partial charge is 0.240 e. The molecule has 144 valence electrons. The zero-order chi connectivity index (χ0) is 20.1. The SMILES string of the molecule is CC(C)c1ccccc1/C=C/c1nnc(Cc2ccc(-c3ccccc3)cc2)o1. The van der Waals surface area contributed by atoms with Crippen molar-refractivity contribution in [3.63, 3.8) is 0 Å². The fraction of sp³-hybridized carbons (Fsp3) is 0.154. The van der Waals surface area contributed by atoms with Gasteiger partial charge in [0.2, 0.25) is 11.8 Å². The molecule has 1 heterocycles. The first kappa shape index (κ1) is 18.9. The molecule has 4 rings (SSSR count). The van der Waals surface area contributed by atoms with Crippen molar-refractivity contribution in [1.82, 2.24) is 10.2 Å². The Morgan fingerprint density at radius 3 is 2.21 bits per heavy atom. The van der Waals surface area contributed by atoms with Crippen LogP contribution in [0.5, 0.6) is 0 Å². The van der Waals surface area contributed by atoms with Crippen LogP contribution in [0, 0.1) is 0 Å². The number of rotatable bonds is 6. The zero-order valence-electron chi connectivity index (χ0n) is 16.7. The maximum atomic E-state index is 5.82. The molecule has 0 saturated carbocycles. The number of benzene rings is 3. The maximum Gasteiger partial charge on any atom is 0.240 e. The molecule has 0 saturated heterocycles. The van der Waals surface area contributed by atoms with E-state index in [9.17, 15) is 0 Å². The van der Waals surface area contributed by atoms with E-state index in [1.807, 2.05) is 24.3 Å². The van der Waals surface area contributed by atoms with Crippen molar-refractivity contribution in [2.45, 2.75) is 26.2 Å². The molecule has 0 spiro atoms. The minimum absolute atomic E-state index is 0.466. The third-order valence-corrected chi connectivity index (χ3v) is 4.92. The van der Waals surface area contributed by atoms with Crippen LogP contribution in [0.2, 0.25) is 0 Å². The molecule has 0 aliphatic carbocycles. The molecule has 0 fully saturated rings. The molecule has 3 nitrogen and oxygen atoms in total. The minimum atomic E-state index is 0.466. The van der Waals surface area contributed by atoms with Crippen LogP contribution < -0.4 is 0 Å². The van der Waals surface area contributed by atoms with Gasteiger partial charge in [-0.05, 0) is 39.8 Å². The van der Waals surface area contributed by atoms with E-state index in [4.69, 9.17) is 4.42 Å². The lowest BCUT2D eigenvalue weighted by molar-refractivity contribution is 0.496. The van der Waals surface area contributed by atoms with Gasteiger partial charge in [-0.3, -0.25) is 0 Å². The van der Waals surface area contributed by atoms with E-state index >= 15 is 0 Å². The summed E-state index contributed by atoms with van der Waals surface area (Å²) >= 11 is 0. The number of hydrogen-bond donors (Lipinski definition) is 0. The highest BCUT2D eigenvalue weighted by Crippen LogP contribution is 2.22. The van der Waals surface area contributed by atoms with Gasteiger partial charge in [0.1, 0.15) is 0 Å². The molecule has 0 aliphatic rings. The van der Waals surface area contributed by atoms with Crippen LogP contribution in [-0.4, -0.2) is 10.2 Å². The van der Waals surface area contributed by atoms with Gasteiger partial charge in [0.25, 0.3) is 0 Å². The molecule has 0 atom stereocenters. The quantitative estimate of drug-likeness (QED) is 0.377. The van der Waals surface area contributed by atoms with E-state index < -0.39 is 0 Å². The van der Waals surface area contributed by atoms with Gasteiger partial charge in [0.15, 0.2) is 0 Å². The second kappa shape index (κ2) is 8.70. The Bertz CT molecular complexity index is 1090. The summed E-state index contributed by atoms with van der Waals surface area (Å²) in [7, 11) is 0. The first-order valence-electron chi connectivity index (χ1n) is 9.93. The predicted molar refractivity (Wildman–Crippen MR) is 118 cm³/mol. The van der Waals surface area contributed by atoms with E-state index in [-0.39, 0.29) is 0 Å². The molecule has 3 aromatic carbocycles. The Morgan fingerprint density at radius 2 is 1.45 bits per heavy atom. The topological polar surface area (TPSA) is 38.9 Å². The standard InChI is InChI=1S/C26H24N2O/c1-19(2)24-11-7-6-10-23(24)16-17-25-27-28-26(29-25)18-20-12-14-22(15-13-20)21-8-4-3-5-9-21/h3-17,19H,18H2,1-2H3/b17-16+. The van der Waals surface area contributed by atoms with Crippen LogP contribution >= 0.6 is 0 Å². The summed E-state index contributed by atoms with van der Waals surface area (Å²) in [6.45, 7) is 4.39. The van der Waals surface area contributed by atoms with E-state index in [1.54, 1.807) is 0 Å². The van der Waals surface area contributed by atoms with E-state index in [0.717, 1.165) is 5.56 Å². The van der Waals surface area contributed by atoms with Crippen LogP contribution in [0.1, 0.15) is 48.2 Å². The maximum absolute atomic E-state index is 5.82. The number of hydrogen-bond acceptors (Lipinski definition) is 3. The Balaban J connectivity index is 1.45. The largest absolute Gasteiger partial charge is 0.421 e. The lowest BCUT2D eigenvalue weighted by atomic mass is 9.97. The molecule has 3 heteroatoms. The summed E-state index contributed by atoms with van der Waals surface area (Å²) in [6.07, 6.45) is 4.55. The molecule has 0 unspecified atom stereocenters. The van der Waals surface area contributed by atoms with E-state index in [2.05, 4.69) is 90.8 Å². The van der Waals surface area contributed by atoms with Crippen molar-refractivity contribution in [1.29, 1.82) is 0 Å². The average molecular weight is 380 g/mol. The summed E-state index contributed by atoms with van der Waals surface area (Å²) in [5, 5.41) is 8.36. The molecule has 1 aromatic heterocycles. The van der Waals surface area contributed by atoms with Gasteiger partial charge < -0.3 is 4.42 Å². The molecule has 29 heavy (non-hydrogen) atoms. The highest BCUT2D eigenvalue weighted by molar-refractivity contribution is 5.68. The summed E-state index contributed by atoms with van der Waals surface area (Å²) < 4.78 is 5.82. The lowest BCUT2D eigenvalue weighted by Crippen LogP contribution is -1.90. The highest BCUT2D eigenvalue weighted by atomic mass is 16.4. The zero-order valence-corrected chi connectivity index (χ0v) is 16.7. The molecule has 0 N–H and O–H groups in total. The van der Waals surface area contributed by atoms with Crippen molar-refractivity contribution in [3.05, 3.63) is 107 Å². The third kappa shape index (κ3) is 4.69. The van der Waals surface area contributed by atoms with Gasteiger partial charge in [-0.2, -0.15) is 0 Å². The lowest BCUT2D eigenvalue weighted by Gasteiger charge is -2.08. The fourth-order valence-electron chi connectivity index (χ4n) is 3.38. The van der Waals surface area contributed by atoms with Crippen molar-refractivity contribution in [2.75, 3.05) is 0 Å². The summed E-state index contributed by atoms with van der Waals surface area (Å²) in [6, 6.07) is 27.2. The molecule has 0 aliphatic heterocycles. The molecule has 0 amide bonds. The van der Waals surface area contributed by atoms with Gasteiger partial charge in [0.05, 0.1) is 6.42 Å². The van der Waals surface area contributed by atoms with Gasteiger partial charge in [-0.25, -0.2) is 0 Å². The fourth-order valence-corrected chi connectivity index (χ4v) is 3.38. The van der Waals surface area contributed by atoms with Crippen molar-refractivity contribution in [2.24, 2.45) is 0 Å². The van der Waals surface area contributed by atoms with Crippen LogP contribution in [0.25, 0.3) is 23.3 Å². The summed E-state index contributed by atoms with van der Waals surface area (Å²) in [5.74, 6) is 1.61. The highest BCUT2D eigenvalue weighted by Gasteiger charge is 2.07. The number of aromatic nitrogens is 2. The van der Waals surface area contributed by atoms with Crippen LogP contribution in [0.3, 0.4) is 0 Å². The predicted octanol–water partition coefficient (Wildman–Crippen LogP) is 6.62. The van der Waals surface area contributed by atoms with Gasteiger partial charge >= 0.3 is 0 Å². The van der Waals surface area contributed by atoms with Crippen LogP contribution in [-0.2, 0) is 6.42 Å². The molecular weight excluding hydrogens is 356 g/mol. The van der Waals surface area contributed by atoms with E-state index in [1.165, 1.54) is 22.3 Å². The average Bonchev–Trinajstić information content (AvgIpc) is 3.21. The summed E-state index contributed by atoms with van der Waals surface area (Å²) in [4.78, 5) is 0. The first-order valence-corrected chi connectivity index (χ1v) is 9.93. The van der Waals surface area contributed by atoms with Crippen molar-refractivity contribution < 1.29 is 4.42 Å². The Hall–Kier alpha value is -3.46. The molecule has 0 bridgehead atoms. The number of nitrogens with zero attached hydrogens (tertiary/aromatic N) is 2. The third-order valence-electron chi connectivity index (χ3n) is 4.92. The Kier molecular flexibility index (Phi) is 5.66. The van der Waals surface area contributed by atoms with Crippen molar-refractivity contribution in [3.8, 4) is 11.1 Å². The van der Waals surface area contributed by atoms with E-state index in [0.29, 0.717) is 24.1 Å². The molecule has 0 radical (unpaired) electrons. The summed E-state index contributed by atoms with van der Waals surface area (Å²) in [5.41, 5.74) is 6.05. The van der Waals surface area contributed by atoms with Gasteiger partial charge in [0, 0.05) is 6.08 Å². The first-order chi connectivity index (χ1) is 14.2. The monoisotopic (exact) mass is 380 g/mol. The second-order valence-electron chi connectivity index (χ2n) is 7.39. The second-order valence-corrected chi connectivity index (χ2v) is 7.39. The van der Waals surface area contributed by atoms with Crippen molar-refractivity contribution >= 4 is 12.2 Å². The van der Waals surface area contributed by atoms with Crippen LogP contribution in [0.4, 0.5) is 0 Å². The Morgan fingerprint density at radius 1 is 0.759 bits per heavy atom. The van der Waals surface area contributed by atoms with Crippen LogP contribution in [0.15, 0.2) is 83.3 Å². The normalized spacial score (nSPS) is 11.4.